The van der Waals surface area contributed by atoms with Crippen LogP contribution in [0.5, 0.6) is 0 Å². The maximum atomic E-state index is 12.1. The van der Waals surface area contributed by atoms with Crippen LogP contribution in [0.25, 0.3) is 0 Å². The Hall–Kier alpha value is -1.63. The minimum Gasteiger partial charge on any atom is -0.354 e. The van der Waals surface area contributed by atoms with Crippen molar-refractivity contribution in [2.75, 3.05) is 18.4 Å². The number of carbonyl (C=O) groups is 2. The molecule has 1 N–H and O–H groups in total. The summed E-state index contributed by atoms with van der Waals surface area (Å²) in [4.78, 5) is 37.3. The number of likely N-dealkylation sites (tertiary alicyclic amines) is 1. The molecule has 1 fully saturated rings. The average molecular weight is 342 g/mol. The van der Waals surface area contributed by atoms with Crippen LogP contribution in [0.1, 0.15) is 13.3 Å². The molecule has 2 heterocycles. The van der Waals surface area contributed by atoms with Crippen LogP contribution in [0.3, 0.4) is 0 Å². The van der Waals surface area contributed by atoms with Gasteiger partial charge in [-0.3, -0.25) is 14.4 Å². The molecule has 1 unspecified atom stereocenters. The van der Waals surface area contributed by atoms with Gasteiger partial charge in [-0.2, -0.15) is 0 Å². The zero-order chi connectivity index (χ0) is 14.9. The number of hydrogen-bond donors (Lipinski definition) is 1. The number of amides is 2. The molecule has 0 bridgehead atoms. The molecule has 1 aliphatic rings. The number of rotatable bonds is 3. The molecule has 6 nitrogen and oxygen atoms in total. The third-order valence-electron chi connectivity index (χ3n) is 3.34. The summed E-state index contributed by atoms with van der Waals surface area (Å²) in [6.45, 7) is 2.89. The summed E-state index contributed by atoms with van der Waals surface area (Å²) < 4.78 is 2.06. The van der Waals surface area contributed by atoms with E-state index >= 15 is 0 Å². The topological polar surface area (TPSA) is 71.4 Å². The Morgan fingerprint density at radius 1 is 1.45 bits per heavy atom. The van der Waals surface area contributed by atoms with Crippen LogP contribution in [-0.4, -0.2) is 34.4 Å². The Labute approximate surface area is 124 Å². The van der Waals surface area contributed by atoms with Gasteiger partial charge in [0.25, 0.3) is 0 Å². The average Bonchev–Trinajstić information content (AvgIpc) is 2.76. The maximum Gasteiger partial charge on any atom is 0.229 e. The monoisotopic (exact) mass is 341 g/mol. The largest absolute Gasteiger partial charge is 0.354 e. The normalized spacial score (nSPS) is 18.4. The van der Waals surface area contributed by atoms with E-state index in [0.717, 1.165) is 0 Å². The second-order valence-corrected chi connectivity index (χ2v) is 5.69. The molecule has 108 valence electrons. The van der Waals surface area contributed by atoms with Gasteiger partial charge in [-0.15, -0.1) is 0 Å². The molecular weight excluding hydrogens is 326 g/mol. The molecule has 2 rings (SSSR count). The summed E-state index contributed by atoms with van der Waals surface area (Å²) in [5.74, 6) is -0.703. The number of nitrogens with one attached hydrogen (secondary N) is 1. The Bertz CT molecular complexity index is 611. The lowest BCUT2D eigenvalue weighted by atomic mass is 10.1. The first-order valence-electron chi connectivity index (χ1n) is 6.36. The van der Waals surface area contributed by atoms with Crippen molar-refractivity contribution in [3.05, 3.63) is 27.1 Å². The number of carbonyl (C=O) groups excluding carboxylic acids is 2. The zero-order valence-corrected chi connectivity index (χ0v) is 12.9. The second-order valence-electron chi connectivity index (χ2n) is 4.84. The van der Waals surface area contributed by atoms with E-state index in [1.54, 1.807) is 28.9 Å². The molecule has 1 saturated heterocycles. The Balaban J connectivity index is 2.13. The fourth-order valence-electron chi connectivity index (χ4n) is 2.24. The molecule has 2 amide bonds. The lowest BCUT2D eigenvalue weighted by Gasteiger charge is -2.14. The molecule has 0 aromatic carbocycles. The number of pyridine rings is 1. The smallest absolute Gasteiger partial charge is 0.229 e. The van der Waals surface area contributed by atoms with Crippen molar-refractivity contribution in [3.63, 3.8) is 0 Å². The lowest BCUT2D eigenvalue weighted by Crippen LogP contribution is -2.29. The van der Waals surface area contributed by atoms with Crippen molar-refractivity contribution in [1.29, 1.82) is 0 Å². The summed E-state index contributed by atoms with van der Waals surface area (Å²) in [6.07, 6.45) is 3.38. The first-order valence-corrected chi connectivity index (χ1v) is 7.16. The van der Waals surface area contributed by atoms with E-state index in [2.05, 4.69) is 21.2 Å². The minimum atomic E-state index is -0.397. The molecule has 0 aliphatic carbocycles. The van der Waals surface area contributed by atoms with E-state index in [0.29, 0.717) is 17.6 Å². The number of hydrogen-bond acceptors (Lipinski definition) is 3. The summed E-state index contributed by atoms with van der Waals surface area (Å²) in [5, 5.41) is 2.62. The summed E-state index contributed by atoms with van der Waals surface area (Å²) in [5.41, 5.74) is -0.0533. The van der Waals surface area contributed by atoms with Gasteiger partial charge in [-0.25, -0.2) is 0 Å². The molecule has 1 aromatic rings. The van der Waals surface area contributed by atoms with Crippen molar-refractivity contribution >= 4 is 33.4 Å². The van der Waals surface area contributed by atoms with E-state index in [1.807, 2.05) is 6.92 Å². The van der Waals surface area contributed by atoms with Crippen molar-refractivity contribution in [2.24, 2.45) is 13.0 Å². The molecule has 1 atom stereocenters. The highest BCUT2D eigenvalue weighted by atomic mass is 79.9. The highest BCUT2D eigenvalue weighted by molar-refractivity contribution is 9.10. The van der Waals surface area contributed by atoms with Crippen molar-refractivity contribution in [1.82, 2.24) is 9.47 Å². The van der Waals surface area contributed by atoms with Crippen LogP contribution in [-0.2, 0) is 16.6 Å². The van der Waals surface area contributed by atoms with Gasteiger partial charge in [0.2, 0.25) is 17.2 Å². The van der Waals surface area contributed by atoms with Gasteiger partial charge in [-0.05, 0) is 22.9 Å². The third-order valence-corrected chi connectivity index (χ3v) is 3.90. The van der Waals surface area contributed by atoms with Crippen molar-refractivity contribution in [2.45, 2.75) is 13.3 Å². The number of aromatic nitrogens is 1. The van der Waals surface area contributed by atoms with E-state index in [-0.39, 0.29) is 29.4 Å². The Morgan fingerprint density at radius 2 is 2.15 bits per heavy atom. The number of halogens is 1. The van der Waals surface area contributed by atoms with Crippen LogP contribution < -0.4 is 10.7 Å². The highest BCUT2D eigenvalue weighted by Crippen LogP contribution is 2.19. The van der Waals surface area contributed by atoms with Gasteiger partial charge >= 0.3 is 0 Å². The van der Waals surface area contributed by atoms with Crippen LogP contribution >= 0.6 is 15.9 Å². The van der Waals surface area contributed by atoms with Gasteiger partial charge in [0.05, 0.1) is 10.4 Å². The number of anilines is 1. The van der Waals surface area contributed by atoms with Crippen LogP contribution in [0.15, 0.2) is 21.7 Å². The van der Waals surface area contributed by atoms with Gasteiger partial charge in [0, 0.05) is 39.0 Å². The molecular formula is C13H16BrN3O3. The fraction of sp³-hybridized carbons (Fsp3) is 0.462. The Morgan fingerprint density at radius 3 is 2.75 bits per heavy atom. The van der Waals surface area contributed by atoms with Crippen LogP contribution in [0, 0.1) is 5.92 Å². The third kappa shape index (κ3) is 2.92. The zero-order valence-electron chi connectivity index (χ0n) is 11.4. The SMILES string of the molecule is CCN1CC(C(=O)Nc2cn(C)cc(Br)c2=O)CC1=O. The van der Waals surface area contributed by atoms with E-state index in [9.17, 15) is 14.4 Å². The standard InChI is InChI=1S/C13H16BrN3O3/c1-3-17-5-8(4-11(17)18)13(20)15-10-7-16(2)6-9(14)12(10)19/h6-8H,3-5H2,1-2H3,(H,15,20). The van der Waals surface area contributed by atoms with E-state index in [1.165, 1.54) is 0 Å². The summed E-state index contributed by atoms with van der Waals surface area (Å²) in [6, 6.07) is 0. The van der Waals surface area contributed by atoms with E-state index in [4.69, 9.17) is 0 Å². The van der Waals surface area contributed by atoms with Crippen molar-refractivity contribution in [3.8, 4) is 0 Å². The van der Waals surface area contributed by atoms with E-state index < -0.39 is 5.92 Å². The number of nitrogens with zero attached hydrogens (tertiary/aromatic N) is 2. The van der Waals surface area contributed by atoms with Gasteiger partial charge in [0.1, 0.15) is 5.69 Å². The van der Waals surface area contributed by atoms with Gasteiger partial charge in [0.15, 0.2) is 0 Å². The number of aryl methyl sites for hydroxylation is 1. The minimum absolute atomic E-state index is 0.0187. The maximum absolute atomic E-state index is 12.1. The predicted octanol–water partition coefficient (Wildman–Crippen LogP) is 0.955. The molecule has 0 spiro atoms. The van der Waals surface area contributed by atoms with Crippen molar-refractivity contribution < 1.29 is 9.59 Å². The highest BCUT2D eigenvalue weighted by Gasteiger charge is 2.33. The first kappa shape index (κ1) is 14.8. The fourth-order valence-corrected chi connectivity index (χ4v) is 2.78. The molecule has 0 saturated carbocycles. The molecule has 0 radical (unpaired) electrons. The molecule has 1 aliphatic heterocycles. The second kappa shape index (κ2) is 5.78. The van der Waals surface area contributed by atoms with Gasteiger partial charge in [-0.1, -0.05) is 0 Å². The predicted molar refractivity (Wildman–Crippen MR) is 78.4 cm³/mol. The summed E-state index contributed by atoms with van der Waals surface area (Å²) in [7, 11) is 1.76. The quantitative estimate of drug-likeness (QED) is 0.889. The lowest BCUT2D eigenvalue weighted by molar-refractivity contribution is -0.128. The summed E-state index contributed by atoms with van der Waals surface area (Å²) >= 11 is 3.15. The van der Waals surface area contributed by atoms with Crippen LogP contribution in [0.4, 0.5) is 5.69 Å². The van der Waals surface area contributed by atoms with Crippen LogP contribution in [0.2, 0.25) is 0 Å². The molecule has 1 aromatic heterocycles. The Kier molecular flexibility index (Phi) is 4.27. The molecule has 7 heteroatoms. The first-order chi connectivity index (χ1) is 9.42. The van der Waals surface area contributed by atoms with Gasteiger partial charge < -0.3 is 14.8 Å². The molecule has 20 heavy (non-hydrogen) atoms.